The van der Waals surface area contributed by atoms with Gasteiger partial charge in [-0.1, -0.05) is 18.2 Å². The average Bonchev–Trinajstić information content (AvgIpc) is 3.36. The SMILES string of the molecule is C=CCNC(=NCc1nnc(C)n1C)NCCc1ccc(-n2cccn2)cc1.I. The molecule has 2 N–H and O–H groups in total. The second-order valence-corrected chi connectivity index (χ2v) is 6.35. The Hall–Kier alpha value is -2.69. The van der Waals surface area contributed by atoms with Crippen molar-refractivity contribution in [3.8, 4) is 5.69 Å². The number of hydrogen-bond donors (Lipinski definition) is 2. The summed E-state index contributed by atoms with van der Waals surface area (Å²) in [6, 6.07) is 10.3. The van der Waals surface area contributed by atoms with Crippen molar-refractivity contribution in [1.29, 1.82) is 0 Å². The highest BCUT2D eigenvalue weighted by molar-refractivity contribution is 14.0. The van der Waals surface area contributed by atoms with Gasteiger partial charge in [0.05, 0.1) is 5.69 Å². The molecule has 0 amide bonds. The molecule has 3 rings (SSSR count). The topological polar surface area (TPSA) is 85.0 Å². The maximum atomic E-state index is 4.60. The molecule has 0 saturated carbocycles. The number of benzene rings is 1. The second-order valence-electron chi connectivity index (χ2n) is 6.35. The van der Waals surface area contributed by atoms with Crippen LogP contribution in [-0.2, 0) is 20.0 Å². The summed E-state index contributed by atoms with van der Waals surface area (Å²) in [7, 11) is 1.94. The van der Waals surface area contributed by atoms with Crippen LogP contribution in [0.3, 0.4) is 0 Å². The average molecular weight is 506 g/mol. The van der Waals surface area contributed by atoms with Crippen LogP contribution in [0.15, 0.2) is 60.4 Å². The van der Waals surface area contributed by atoms with Gasteiger partial charge in [-0.25, -0.2) is 9.67 Å². The van der Waals surface area contributed by atoms with Gasteiger partial charge in [-0.3, -0.25) is 0 Å². The van der Waals surface area contributed by atoms with Crippen molar-refractivity contribution in [3.05, 3.63) is 72.6 Å². The predicted molar refractivity (Wildman–Crippen MR) is 126 cm³/mol. The fourth-order valence-corrected chi connectivity index (χ4v) is 2.64. The summed E-state index contributed by atoms with van der Waals surface area (Å²) in [5.41, 5.74) is 2.30. The molecule has 29 heavy (non-hydrogen) atoms. The lowest BCUT2D eigenvalue weighted by molar-refractivity contribution is 0.757. The number of aryl methyl sites for hydroxylation is 1. The van der Waals surface area contributed by atoms with Crippen LogP contribution in [0.4, 0.5) is 0 Å². The van der Waals surface area contributed by atoms with Gasteiger partial charge < -0.3 is 15.2 Å². The summed E-state index contributed by atoms with van der Waals surface area (Å²) in [5, 5.41) is 19.0. The highest BCUT2D eigenvalue weighted by Gasteiger charge is 2.05. The summed E-state index contributed by atoms with van der Waals surface area (Å²) in [5.74, 6) is 2.43. The molecule has 0 radical (unpaired) electrons. The summed E-state index contributed by atoms with van der Waals surface area (Å²) in [6.07, 6.45) is 6.40. The monoisotopic (exact) mass is 506 g/mol. The van der Waals surface area contributed by atoms with Gasteiger partial charge in [0.25, 0.3) is 0 Å². The molecule has 0 bridgehead atoms. The molecule has 0 atom stereocenters. The molecule has 9 heteroatoms. The van der Waals surface area contributed by atoms with E-state index in [1.807, 2.05) is 35.5 Å². The van der Waals surface area contributed by atoms with Crippen LogP contribution >= 0.6 is 24.0 Å². The van der Waals surface area contributed by atoms with Gasteiger partial charge >= 0.3 is 0 Å². The Labute approximate surface area is 188 Å². The standard InChI is InChI=1S/C20H26N8.HI/c1-4-11-21-20(23-15-19-26-25-16(2)27(19)3)22-13-10-17-6-8-18(9-7-17)28-14-5-12-24-28;/h4-9,12,14H,1,10-11,13,15H2,2-3H3,(H2,21,22,23);1H. The van der Waals surface area contributed by atoms with Crippen molar-refractivity contribution in [2.45, 2.75) is 19.9 Å². The van der Waals surface area contributed by atoms with E-state index >= 15 is 0 Å². The van der Waals surface area contributed by atoms with E-state index in [4.69, 9.17) is 0 Å². The number of aromatic nitrogens is 5. The molecule has 0 aliphatic heterocycles. The fourth-order valence-electron chi connectivity index (χ4n) is 2.64. The first-order valence-electron chi connectivity index (χ1n) is 9.24. The van der Waals surface area contributed by atoms with Crippen LogP contribution in [0.2, 0.25) is 0 Å². The van der Waals surface area contributed by atoms with Crippen molar-refractivity contribution in [2.75, 3.05) is 13.1 Å². The molecule has 0 aliphatic carbocycles. The molecule has 0 fully saturated rings. The highest BCUT2D eigenvalue weighted by Crippen LogP contribution is 2.08. The Morgan fingerprint density at radius 3 is 2.62 bits per heavy atom. The fraction of sp³-hybridized carbons (Fsp3) is 0.300. The van der Waals surface area contributed by atoms with E-state index in [0.717, 1.165) is 36.3 Å². The summed E-state index contributed by atoms with van der Waals surface area (Å²) < 4.78 is 3.79. The van der Waals surface area contributed by atoms with E-state index in [9.17, 15) is 0 Å². The lowest BCUT2D eigenvalue weighted by Crippen LogP contribution is -2.38. The van der Waals surface area contributed by atoms with Crippen LogP contribution in [0, 0.1) is 6.92 Å². The summed E-state index contributed by atoms with van der Waals surface area (Å²) in [6.45, 7) is 7.54. The molecule has 0 spiro atoms. The molecule has 0 saturated heterocycles. The van der Waals surface area contributed by atoms with Crippen LogP contribution in [-0.4, -0.2) is 43.6 Å². The minimum absolute atomic E-state index is 0. The zero-order valence-corrected chi connectivity index (χ0v) is 19.1. The van der Waals surface area contributed by atoms with Gasteiger partial charge in [0, 0.05) is 32.5 Å². The minimum Gasteiger partial charge on any atom is -0.356 e. The Balaban J connectivity index is 0.00000300. The van der Waals surface area contributed by atoms with E-state index in [1.165, 1.54) is 5.56 Å². The molecule has 2 aromatic heterocycles. The number of hydrogen-bond acceptors (Lipinski definition) is 4. The quantitative estimate of drug-likeness (QED) is 0.212. The third-order valence-corrected chi connectivity index (χ3v) is 4.39. The number of aliphatic imine (C=N–C) groups is 1. The van der Waals surface area contributed by atoms with Gasteiger partial charge in [-0.2, -0.15) is 5.10 Å². The number of rotatable bonds is 8. The maximum Gasteiger partial charge on any atom is 0.191 e. The summed E-state index contributed by atoms with van der Waals surface area (Å²) >= 11 is 0. The molecule has 3 aromatic rings. The molecule has 154 valence electrons. The van der Waals surface area contributed by atoms with Crippen LogP contribution in [0.5, 0.6) is 0 Å². The van der Waals surface area contributed by atoms with E-state index < -0.39 is 0 Å². The van der Waals surface area contributed by atoms with E-state index in [0.29, 0.717) is 13.1 Å². The van der Waals surface area contributed by atoms with Crippen molar-refractivity contribution in [1.82, 2.24) is 35.2 Å². The number of nitrogens with one attached hydrogen (secondary N) is 2. The van der Waals surface area contributed by atoms with Crippen molar-refractivity contribution < 1.29 is 0 Å². The molecular formula is C20H27IN8. The Kier molecular flexibility index (Phi) is 8.84. The molecule has 1 aromatic carbocycles. The lowest BCUT2D eigenvalue weighted by atomic mass is 10.1. The van der Waals surface area contributed by atoms with E-state index in [1.54, 1.807) is 12.3 Å². The first-order chi connectivity index (χ1) is 13.7. The minimum atomic E-state index is 0. The number of halogens is 1. The van der Waals surface area contributed by atoms with Crippen molar-refractivity contribution in [2.24, 2.45) is 12.0 Å². The second kappa shape index (κ2) is 11.3. The Morgan fingerprint density at radius 2 is 2.00 bits per heavy atom. The Bertz CT molecular complexity index is 913. The molecule has 8 nitrogen and oxygen atoms in total. The zero-order valence-electron chi connectivity index (χ0n) is 16.7. The van der Waals surface area contributed by atoms with Gasteiger partial charge in [-0.05, 0) is 37.1 Å². The molecule has 0 aliphatic rings. The number of nitrogens with zero attached hydrogens (tertiary/aromatic N) is 6. The number of guanidine groups is 1. The van der Waals surface area contributed by atoms with Crippen LogP contribution < -0.4 is 10.6 Å². The third-order valence-electron chi connectivity index (χ3n) is 4.39. The lowest BCUT2D eigenvalue weighted by Gasteiger charge is -2.11. The van der Waals surface area contributed by atoms with Gasteiger partial charge in [0.15, 0.2) is 11.8 Å². The third kappa shape index (κ3) is 6.41. The van der Waals surface area contributed by atoms with Crippen LogP contribution in [0.1, 0.15) is 17.2 Å². The van der Waals surface area contributed by atoms with Crippen molar-refractivity contribution in [3.63, 3.8) is 0 Å². The zero-order chi connectivity index (χ0) is 19.8. The van der Waals surface area contributed by atoms with E-state index in [-0.39, 0.29) is 24.0 Å². The van der Waals surface area contributed by atoms with Gasteiger partial charge in [0.2, 0.25) is 0 Å². The predicted octanol–water partition coefficient (Wildman–Crippen LogP) is 2.39. The Morgan fingerprint density at radius 1 is 1.21 bits per heavy atom. The van der Waals surface area contributed by atoms with Crippen LogP contribution in [0.25, 0.3) is 5.69 Å². The smallest absolute Gasteiger partial charge is 0.191 e. The molecule has 0 unspecified atom stereocenters. The van der Waals surface area contributed by atoms with E-state index in [2.05, 4.69) is 61.8 Å². The van der Waals surface area contributed by atoms with Gasteiger partial charge in [-0.15, -0.1) is 40.8 Å². The first kappa shape index (κ1) is 22.6. The largest absolute Gasteiger partial charge is 0.356 e. The summed E-state index contributed by atoms with van der Waals surface area (Å²) in [4.78, 5) is 4.60. The first-order valence-corrected chi connectivity index (χ1v) is 9.24. The maximum absolute atomic E-state index is 4.60. The normalized spacial score (nSPS) is 11.0. The molecule has 2 heterocycles. The van der Waals surface area contributed by atoms with Crippen molar-refractivity contribution >= 4 is 29.9 Å². The highest BCUT2D eigenvalue weighted by atomic mass is 127. The molecular weight excluding hydrogens is 479 g/mol. The van der Waals surface area contributed by atoms with Gasteiger partial charge in [0.1, 0.15) is 12.4 Å².